The minimum atomic E-state index is -0.657. The Morgan fingerprint density at radius 2 is 1.96 bits per heavy atom. The average Bonchev–Trinajstić information content (AvgIpc) is 2.97. The maximum Gasteiger partial charge on any atom is 0.412 e. The molecule has 1 heterocycles. The van der Waals surface area contributed by atoms with Gasteiger partial charge >= 0.3 is 6.09 Å². The lowest BCUT2D eigenvalue weighted by molar-refractivity contribution is -0.115. The number of hydrogen-bond acceptors (Lipinski definition) is 5. The summed E-state index contributed by atoms with van der Waals surface area (Å²) in [6, 6.07) is 3.91. The van der Waals surface area contributed by atoms with E-state index in [9.17, 15) is 14.0 Å². The van der Waals surface area contributed by atoms with Crippen LogP contribution in [0.15, 0.2) is 23.6 Å². The van der Waals surface area contributed by atoms with E-state index in [0.29, 0.717) is 17.3 Å². The van der Waals surface area contributed by atoms with Crippen molar-refractivity contribution >= 4 is 34.7 Å². The normalized spacial score (nSPS) is 11.4. The van der Waals surface area contributed by atoms with Gasteiger partial charge < -0.3 is 10.1 Å². The summed E-state index contributed by atoms with van der Waals surface area (Å²) in [5.41, 5.74) is 0.290. The fourth-order valence-electron chi connectivity index (χ4n) is 2.15. The van der Waals surface area contributed by atoms with Crippen LogP contribution in [-0.4, -0.2) is 22.6 Å². The highest BCUT2D eigenvalue weighted by Gasteiger charge is 2.17. The highest BCUT2D eigenvalue weighted by atomic mass is 32.1. The number of aromatic nitrogens is 1. The summed E-state index contributed by atoms with van der Waals surface area (Å²) in [5.74, 6) is -0.692. The molecule has 0 spiro atoms. The maximum atomic E-state index is 14.0. The number of ether oxygens (including phenoxy) is 1. The third-order valence-corrected chi connectivity index (χ3v) is 4.48. The van der Waals surface area contributed by atoms with Crippen LogP contribution >= 0.6 is 11.3 Å². The number of rotatable bonds is 5. The topological polar surface area (TPSA) is 80.3 Å². The van der Waals surface area contributed by atoms with Crippen molar-refractivity contribution in [2.45, 2.75) is 52.6 Å². The molecule has 27 heavy (non-hydrogen) atoms. The number of thiazole rings is 1. The fraction of sp³-hybridized carbons (Fsp3) is 0.421. The molecule has 146 valence electrons. The monoisotopic (exact) mass is 393 g/mol. The Labute approximate surface area is 162 Å². The van der Waals surface area contributed by atoms with Gasteiger partial charge in [0.1, 0.15) is 11.4 Å². The van der Waals surface area contributed by atoms with Crippen molar-refractivity contribution in [3.05, 3.63) is 40.1 Å². The van der Waals surface area contributed by atoms with E-state index in [4.69, 9.17) is 4.74 Å². The number of nitrogens with zero attached hydrogens (tertiary/aromatic N) is 1. The number of nitrogens with one attached hydrogen (secondary N) is 2. The van der Waals surface area contributed by atoms with Crippen molar-refractivity contribution < 1.29 is 18.7 Å². The van der Waals surface area contributed by atoms with Crippen LogP contribution in [0.5, 0.6) is 0 Å². The molecule has 2 rings (SSSR count). The van der Waals surface area contributed by atoms with E-state index in [-0.39, 0.29) is 18.0 Å². The molecule has 0 unspecified atom stereocenters. The van der Waals surface area contributed by atoms with Gasteiger partial charge in [-0.3, -0.25) is 10.1 Å². The number of benzene rings is 1. The summed E-state index contributed by atoms with van der Waals surface area (Å²) in [4.78, 5) is 28.4. The van der Waals surface area contributed by atoms with Crippen molar-refractivity contribution in [1.29, 1.82) is 0 Å². The van der Waals surface area contributed by atoms with Gasteiger partial charge in [-0.05, 0) is 39.0 Å². The van der Waals surface area contributed by atoms with Crippen LogP contribution in [0.1, 0.15) is 51.2 Å². The Morgan fingerprint density at radius 1 is 1.26 bits per heavy atom. The first-order valence-electron chi connectivity index (χ1n) is 8.57. The van der Waals surface area contributed by atoms with Crippen LogP contribution < -0.4 is 10.6 Å². The number of hydrogen-bond donors (Lipinski definition) is 2. The molecule has 0 radical (unpaired) electrons. The molecule has 0 saturated heterocycles. The molecule has 0 aliphatic carbocycles. The van der Waals surface area contributed by atoms with E-state index < -0.39 is 17.5 Å². The Morgan fingerprint density at radius 3 is 2.56 bits per heavy atom. The second-order valence-electron chi connectivity index (χ2n) is 7.38. The first-order chi connectivity index (χ1) is 12.5. The Kier molecular flexibility index (Phi) is 6.54. The van der Waals surface area contributed by atoms with E-state index in [0.717, 1.165) is 5.01 Å². The molecule has 2 aromatic rings. The summed E-state index contributed by atoms with van der Waals surface area (Å²) in [7, 11) is 0. The van der Waals surface area contributed by atoms with Crippen molar-refractivity contribution in [2.75, 3.05) is 10.6 Å². The summed E-state index contributed by atoms with van der Waals surface area (Å²) < 4.78 is 19.2. The summed E-state index contributed by atoms with van der Waals surface area (Å²) in [5, 5.41) is 7.81. The molecule has 0 bridgehead atoms. The molecule has 6 nitrogen and oxygen atoms in total. The second-order valence-corrected chi connectivity index (χ2v) is 8.27. The first kappa shape index (κ1) is 20.8. The maximum absolute atomic E-state index is 14.0. The van der Waals surface area contributed by atoms with Gasteiger partial charge in [0, 0.05) is 17.0 Å². The van der Waals surface area contributed by atoms with Crippen molar-refractivity contribution in [1.82, 2.24) is 4.98 Å². The van der Waals surface area contributed by atoms with E-state index in [1.165, 1.54) is 29.5 Å². The molecular formula is C19H24FN3O3S. The zero-order valence-electron chi connectivity index (χ0n) is 16.1. The van der Waals surface area contributed by atoms with Crippen LogP contribution in [0.4, 0.5) is 20.6 Å². The Hall–Kier alpha value is -2.48. The quantitative estimate of drug-likeness (QED) is 0.754. The molecule has 1 aromatic heterocycles. The first-order valence-corrected chi connectivity index (χ1v) is 9.45. The summed E-state index contributed by atoms with van der Waals surface area (Å²) in [6.07, 6.45) is -0.609. The van der Waals surface area contributed by atoms with Crippen LogP contribution in [0, 0.1) is 5.82 Å². The van der Waals surface area contributed by atoms with Gasteiger partial charge in [0.05, 0.1) is 22.8 Å². The zero-order valence-corrected chi connectivity index (χ0v) is 16.9. The molecule has 0 fully saturated rings. The third kappa shape index (κ3) is 6.63. The molecule has 0 aliphatic rings. The highest BCUT2D eigenvalue weighted by Crippen LogP contribution is 2.22. The van der Waals surface area contributed by atoms with E-state index >= 15 is 0 Å². The van der Waals surface area contributed by atoms with Crippen LogP contribution in [0.2, 0.25) is 0 Å². The minimum Gasteiger partial charge on any atom is -0.444 e. The van der Waals surface area contributed by atoms with Gasteiger partial charge in [0.25, 0.3) is 0 Å². The molecule has 2 amide bonds. The molecule has 1 aromatic carbocycles. The van der Waals surface area contributed by atoms with E-state index in [2.05, 4.69) is 15.6 Å². The lowest BCUT2D eigenvalue weighted by Crippen LogP contribution is -2.27. The van der Waals surface area contributed by atoms with Gasteiger partial charge in [-0.15, -0.1) is 11.3 Å². The highest BCUT2D eigenvalue weighted by molar-refractivity contribution is 7.09. The average molecular weight is 393 g/mol. The molecule has 0 atom stereocenters. The standard InChI is InChI=1S/C19H24FN3O3S/c1-11(2)17-21-13(10-27-17)9-16(24)23-15-8-12(6-7-14(15)20)22-18(25)26-19(3,4)5/h6-8,10-11H,9H2,1-5H3,(H,22,25)(H,23,24). The third-order valence-electron chi connectivity index (χ3n) is 3.29. The van der Waals surface area contributed by atoms with Gasteiger partial charge in [-0.25, -0.2) is 14.2 Å². The largest absolute Gasteiger partial charge is 0.444 e. The SMILES string of the molecule is CC(C)c1nc(CC(=O)Nc2cc(NC(=O)OC(C)(C)C)ccc2F)cs1. The number of carbonyl (C=O) groups excluding carboxylic acids is 2. The Balaban J connectivity index is 2.02. The predicted octanol–water partition coefficient (Wildman–Crippen LogP) is 4.93. The second kappa shape index (κ2) is 8.47. The van der Waals surface area contributed by atoms with Crippen LogP contribution in [-0.2, 0) is 16.0 Å². The van der Waals surface area contributed by atoms with Crippen LogP contribution in [0.3, 0.4) is 0 Å². The van der Waals surface area contributed by atoms with Gasteiger partial charge in [0.2, 0.25) is 5.91 Å². The lowest BCUT2D eigenvalue weighted by atomic mass is 10.2. The number of halogens is 1. The van der Waals surface area contributed by atoms with Gasteiger partial charge in [-0.2, -0.15) is 0 Å². The van der Waals surface area contributed by atoms with Crippen molar-refractivity contribution in [3.8, 4) is 0 Å². The lowest BCUT2D eigenvalue weighted by Gasteiger charge is -2.19. The molecule has 0 saturated carbocycles. The number of anilines is 2. The summed E-state index contributed by atoms with van der Waals surface area (Å²) >= 11 is 1.50. The van der Waals surface area contributed by atoms with E-state index in [1.807, 2.05) is 19.2 Å². The predicted molar refractivity (Wildman–Crippen MR) is 105 cm³/mol. The zero-order chi connectivity index (χ0) is 20.2. The van der Waals surface area contributed by atoms with Gasteiger partial charge in [0.15, 0.2) is 0 Å². The molecule has 8 heteroatoms. The smallest absolute Gasteiger partial charge is 0.412 e. The van der Waals surface area contributed by atoms with Crippen molar-refractivity contribution in [3.63, 3.8) is 0 Å². The summed E-state index contributed by atoms with van der Waals surface area (Å²) in [6.45, 7) is 9.28. The fourth-order valence-corrected chi connectivity index (χ4v) is 2.98. The van der Waals surface area contributed by atoms with E-state index in [1.54, 1.807) is 20.8 Å². The minimum absolute atomic E-state index is 0.0205. The Bertz CT molecular complexity index is 828. The molecule has 2 N–H and O–H groups in total. The van der Waals surface area contributed by atoms with Crippen LogP contribution in [0.25, 0.3) is 0 Å². The van der Waals surface area contributed by atoms with Crippen molar-refractivity contribution in [2.24, 2.45) is 0 Å². The van der Waals surface area contributed by atoms with Gasteiger partial charge in [-0.1, -0.05) is 13.8 Å². The molecular weight excluding hydrogens is 369 g/mol. The number of carbonyl (C=O) groups is 2. The number of amides is 2. The molecule has 0 aliphatic heterocycles.